The lowest BCUT2D eigenvalue weighted by molar-refractivity contribution is -0.118. The molecule has 1 heterocycles. The van der Waals surface area contributed by atoms with Crippen molar-refractivity contribution in [3.8, 4) is 0 Å². The average molecular weight is 311 g/mol. The fourth-order valence-electron chi connectivity index (χ4n) is 2.23. The van der Waals surface area contributed by atoms with Crippen LogP contribution in [0.2, 0.25) is 0 Å². The smallest absolute Gasteiger partial charge is 0.228 e. The highest BCUT2D eigenvalue weighted by molar-refractivity contribution is 9.09. The molecule has 0 aliphatic carbocycles. The zero-order valence-electron chi connectivity index (χ0n) is 10.9. The van der Waals surface area contributed by atoms with E-state index in [4.69, 9.17) is 5.73 Å². The number of nitrogens with two attached hydrogens (primary N) is 1. The predicted molar refractivity (Wildman–Crippen MR) is 78.1 cm³/mol. The van der Waals surface area contributed by atoms with E-state index in [9.17, 15) is 4.79 Å². The Morgan fingerprint density at radius 2 is 2.11 bits per heavy atom. The lowest BCUT2D eigenvalue weighted by Crippen LogP contribution is -2.34. The molecule has 0 unspecified atom stereocenters. The maximum Gasteiger partial charge on any atom is 0.228 e. The van der Waals surface area contributed by atoms with Gasteiger partial charge in [-0.2, -0.15) is 0 Å². The number of fused-ring (bicyclic) bond motifs is 1. The first-order valence-electron chi connectivity index (χ1n) is 6.19. The van der Waals surface area contributed by atoms with Crippen molar-refractivity contribution in [1.29, 1.82) is 0 Å². The first-order valence-corrected chi connectivity index (χ1v) is 7.31. The summed E-state index contributed by atoms with van der Waals surface area (Å²) in [4.78, 5) is 13.6. The van der Waals surface area contributed by atoms with Gasteiger partial charge in [0.05, 0.1) is 5.45 Å². The molecule has 1 aliphatic rings. The van der Waals surface area contributed by atoms with Crippen LogP contribution in [0.25, 0.3) is 0 Å². The van der Waals surface area contributed by atoms with E-state index in [1.54, 1.807) is 4.90 Å². The van der Waals surface area contributed by atoms with Crippen LogP contribution in [0.15, 0.2) is 18.2 Å². The van der Waals surface area contributed by atoms with Crippen molar-refractivity contribution in [3.63, 3.8) is 0 Å². The molecule has 1 aromatic carbocycles. The van der Waals surface area contributed by atoms with Crippen LogP contribution < -0.4 is 10.6 Å². The summed E-state index contributed by atoms with van der Waals surface area (Å²) in [5.74, 6) is 0.185. The van der Waals surface area contributed by atoms with Crippen LogP contribution in [0, 0.1) is 0 Å². The van der Waals surface area contributed by atoms with Gasteiger partial charge in [0.15, 0.2) is 0 Å². The molecular formula is C14H19BrN2O. The van der Waals surface area contributed by atoms with Crippen molar-refractivity contribution in [3.05, 3.63) is 29.3 Å². The fourth-order valence-corrected chi connectivity index (χ4v) is 2.78. The van der Waals surface area contributed by atoms with Gasteiger partial charge in [0.25, 0.3) is 0 Å². The Kier molecular flexibility index (Phi) is 3.78. The third kappa shape index (κ3) is 2.31. The molecule has 0 radical (unpaired) electrons. The minimum atomic E-state index is -0.0181. The molecule has 0 atom stereocenters. The highest BCUT2D eigenvalue weighted by atomic mass is 79.9. The average Bonchev–Trinajstić information content (AvgIpc) is 2.38. The minimum Gasteiger partial charge on any atom is -0.330 e. The molecule has 18 heavy (non-hydrogen) atoms. The van der Waals surface area contributed by atoms with Gasteiger partial charge in [-0.15, -0.1) is 0 Å². The number of hydrogen-bond acceptors (Lipinski definition) is 2. The number of alkyl halides is 1. The van der Waals surface area contributed by atoms with E-state index in [1.165, 1.54) is 11.1 Å². The quantitative estimate of drug-likeness (QED) is 0.689. The summed E-state index contributed by atoms with van der Waals surface area (Å²) in [5.41, 5.74) is 9.87. The minimum absolute atomic E-state index is 0.0181. The molecule has 1 amide bonds. The summed E-state index contributed by atoms with van der Waals surface area (Å²) in [7, 11) is 0. The molecule has 0 spiro atoms. The van der Waals surface area contributed by atoms with Crippen molar-refractivity contribution in [1.82, 2.24) is 0 Å². The van der Waals surface area contributed by atoms with Crippen LogP contribution in [0.3, 0.4) is 0 Å². The topological polar surface area (TPSA) is 46.3 Å². The summed E-state index contributed by atoms with van der Waals surface area (Å²) >= 11 is 3.38. The number of carbonyl (C=O) groups excluding carboxylic acids is 1. The third-order valence-electron chi connectivity index (χ3n) is 3.69. The van der Waals surface area contributed by atoms with Crippen molar-refractivity contribution in [2.75, 3.05) is 16.9 Å². The number of hydrogen-bond donors (Lipinski definition) is 1. The van der Waals surface area contributed by atoms with E-state index < -0.39 is 0 Å². The van der Waals surface area contributed by atoms with Gasteiger partial charge in [-0.1, -0.05) is 41.9 Å². The number of anilines is 1. The van der Waals surface area contributed by atoms with Crippen molar-refractivity contribution >= 4 is 27.5 Å². The van der Waals surface area contributed by atoms with Crippen LogP contribution in [0.1, 0.15) is 31.4 Å². The number of halogens is 1. The molecule has 2 rings (SSSR count). The van der Waals surface area contributed by atoms with Crippen LogP contribution in [0.4, 0.5) is 5.69 Å². The molecule has 3 nitrogen and oxygen atoms in total. The van der Waals surface area contributed by atoms with E-state index in [0.29, 0.717) is 18.4 Å². The van der Waals surface area contributed by atoms with Crippen LogP contribution in [0.5, 0.6) is 0 Å². The summed E-state index contributed by atoms with van der Waals surface area (Å²) < 4.78 is 0. The second-order valence-electron chi connectivity index (χ2n) is 5.37. The SMILES string of the molecule is CC(C)(CN)c1ccc2c(c1)CCC(=O)N2CBr. The highest BCUT2D eigenvalue weighted by Crippen LogP contribution is 2.32. The Hall–Kier alpha value is -0.870. The van der Waals surface area contributed by atoms with E-state index in [1.807, 2.05) is 6.07 Å². The number of amides is 1. The molecular weight excluding hydrogens is 292 g/mol. The van der Waals surface area contributed by atoms with Crippen LogP contribution >= 0.6 is 15.9 Å². The van der Waals surface area contributed by atoms with Gasteiger partial charge >= 0.3 is 0 Å². The molecule has 0 fully saturated rings. The first-order chi connectivity index (χ1) is 8.49. The highest BCUT2D eigenvalue weighted by Gasteiger charge is 2.26. The van der Waals surface area contributed by atoms with Gasteiger partial charge in [-0.05, 0) is 23.6 Å². The van der Waals surface area contributed by atoms with Gasteiger partial charge in [0, 0.05) is 24.1 Å². The second-order valence-corrected chi connectivity index (χ2v) is 5.87. The zero-order chi connectivity index (χ0) is 13.3. The number of benzene rings is 1. The Labute approximate surface area is 116 Å². The molecule has 98 valence electrons. The summed E-state index contributed by atoms with van der Waals surface area (Å²) in [6.07, 6.45) is 1.41. The molecule has 0 aromatic heterocycles. The van der Waals surface area contributed by atoms with Crippen molar-refractivity contribution < 1.29 is 4.79 Å². The van der Waals surface area contributed by atoms with Crippen molar-refractivity contribution in [2.24, 2.45) is 5.73 Å². The molecule has 0 bridgehead atoms. The molecule has 1 aromatic rings. The van der Waals surface area contributed by atoms with E-state index in [2.05, 4.69) is 41.9 Å². The number of rotatable bonds is 3. The lowest BCUT2D eigenvalue weighted by atomic mass is 9.83. The lowest BCUT2D eigenvalue weighted by Gasteiger charge is -2.30. The van der Waals surface area contributed by atoms with Gasteiger partial charge in [-0.3, -0.25) is 4.79 Å². The van der Waals surface area contributed by atoms with E-state index >= 15 is 0 Å². The van der Waals surface area contributed by atoms with E-state index in [-0.39, 0.29) is 11.3 Å². The Morgan fingerprint density at radius 1 is 1.39 bits per heavy atom. The summed E-state index contributed by atoms with van der Waals surface area (Å²) in [6.45, 7) is 4.91. The Balaban J connectivity index is 2.42. The number of aryl methyl sites for hydroxylation is 1. The molecule has 1 aliphatic heterocycles. The third-order valence-corrected chi connectivity index (χ3v) is 4.19. The number of nitrogens with zero attached hydrogens (tertiary/aromatic N) is 1. The van der Waals surface area contributed by atoms with Crippen molar-refractivity contribution in [2.45, 2.75) is 32.1 Å². The summed E-state index contributed by atoms with van der Waals surface area (Å²) in [6, 6.07) is 6.32. The number of carbonyl (C=O) groups is 1. The predicted octanol–water partition coefficient (Wildman–Crippen LogP) is 2.55. The van der Waals surface area contributed by atoms with Crippen LogP contribution in [-0.2, 0) is 16.6 Å². The van der Waals surface area contributed by atoms with Gasteiger partial charge < -0.3 is 10.6 Å². The van der Waals surface area contributed by atoms with Gasteiger partial charge in [0.1, 0.15) is 0 Å². The largest absolute Gasteiger partial charge is 0.330 e. The van der Waals surface area contributed by atoms with Gasteiger partial charge in [-0.25, -0.2) is 0 Å². The monoisotopic (exact) mass is 310 g/mol. The Bertz CT molecular complexity index is 471. The molecule has 0 saturated heterocycles. The maximum atomic E-state index is 11.8. The zero-order valence-corrected chi connectivity index (χ0v) is 12.5. The first kappa shape index (κ1) is 13.6. The van der Waals surface area contributed by atoms with Gasteiger partial charge in [0.2, 0.25) is 5.91 Å². The fraction of sp³-hybridized carbons (Fsp3) is 0.500. The molecule has 4 heteroatoms. The second kappa shape index (κ2) is 5.02. The normalized spacial score (nSPS) is 15.8. The maximum absolute atomic E-state index is 11.8. The Morgan fingerprint density at radius 3 is 2.72 bits per heavy atom. The molecule has 0 saturated carbocycles. The summed E-state index contributed by atoms with van der Waals surface area (Å²) in [5, 5.41) is 0. The molecule has 2 N–H and O–H groups in total. The standard InChI is InChI=1S/C14H19BrN2O/c1-14(2,8-16)11-4-5-12-10(7-11)3-6-13(18)17(12)9-15/h4-5,7H,3,6,8-9,16H2,1-2H3. The van der Waals surface area contributed by atoms with Crippen LogP contribution in [-0.4, -0.2) is 17.9 Å². The van der Waals surface area contributed by atoms with E-state index in [0.717, 1.165) is 12.1 Å².